The Morgan fingerprint density at radius 2 is 1.96 bits per heavy atom. The Bertz CT molecular complexity index is 620. The number of hydrogen-bond donors (Lipinski definition) is 2. The smallest absolute Gasteiger partial charge is 0.136 e. The minimum atomic E-state index is -1.18. The van der Waals surface area contributed by atoms with Crippen LogP contribution >= 0.6 is 11.3 Å². The Kier molecular flexibility index (Phi) is 6.22. The quantitative estimate of drug-likeness (QED) is 0.780. The fourth-order valence-corrected chi connectivity index (χ4v) is 3.85. The first-order valence-electron chi connectivity index (χ1n) is 7.62. The molecule has 2 rings (SSSR count). The zero-order chi connectivity index (χ0) is 17.0. The average Bonchev–Trinajstić information content (AvgIpc) is 2.92. The lowest BCUT2D eigenvalue weighted by molar-refractivity contribution is 0.272. The van der Waals surface area contributed by atoms with Crippen LogP contribution in [0.4, 0.5) is 0 Å². The van der Waals surface area contributed by atoms with Crippen molar-refractivity contribution in [3.05, 3.63) is 41.0 Å². The molecule has 4 nitrogen and oxygen atoms in total. The van der Waals surface area contributed by atoms with Crippen LogP contribution in [0.2, 0.25) is 0 Å². The Morgan fingerprint density at radius 3 is 2.43 bits per heavy atom. The van der Waals surface area contributed by atoms with Crippen molar-refractivity contribution in [1.82, 2.24) is 9.71 Å². The monoisotopic (exact) mass is 352 g/mol. The predicted octanol–water partition coefficient (Wildman–Crippen LogP) is 3.59. The second-order valence-electron chi connectivity index (χ2n) is 6.45. The Morgan fingerprint density at radius 1 is 1.30 bits per heavy atom. The van der Waals surface area contributed by atoms with Gasteiger partial charge in [-0.25, -0.2) is 4.98 Å². The molecule has 0 bridgehead atoms. The molecule has 2 atom stereocenters. The third-order valence-electron chi connectivity index (χ3n) is 3.54. The number of hydrogen-bond acceptors (Lipinski definition) is 5. The Hall–Kier alpha value is -0.920. The van der Waals surface area contributed by atoms with E-state index in [4.69, 9.17) is 0 Å². The van der Waals surface area contributed by atoms with Gasteiger partial charge in [-0.05, 0) is 45.2 Å². The topological polar surface area (TPSA) is 68.2 Å². The molecule has 1 heterocycles. The van der Waals surface area contributed by atoms with Gasteiger partial charge >= 0.3 is 0 Å². The van der Waals surface area contributed by atoms with Gasteiger partial charge in [0.25, 0.3) is 0 Å². The molecule has 0 aliphatic heterocycles. The maximum absolute atomic E-state index is 12.3. The maximum atomic E-state index is 12.3. The molecule has 1 aromatic heterocycles. The summed E-state index contributed by atoms with van der Waals surface area (Å²) in [6.45, 7) is 7.85. The first-order valence-corrected chi connectivity index (χ1v) is 9.65. The molecule has 0 saturated carbocycles. The van der Waals surface area contributed by atoms with Crippen molar-refractivity contribution in [3.63, 3.8) is 0 Å². The van der Waals surface area contributed by atoms with Gasteiger partial charge in [-0.2, -0.15) is 0 Å². The van der Waals surface area contributed by atoms with E-state index in [0.717, 1.165) is 16.8 Å². The number of aromatic nitrogens is 1. The second kappa shape index (κ2) is 7.77. The molecule has 0 aliphatic carbocycles. The first kappa shape index (κ1) is 18.4. The summed E-state index contributed by atoms with van der Waals surface area (Å²) in [5, 5.41) is 9.31. The van der Waals surface area contributed by atoms with Crippen molar-refractivity contribution in [2.24, 2.45) is 0 Å². The molecule has 23 heavy (non-hydrogen) atoms. The van der Waals surface area contributed by atoms with E-state index >= 15 is 0 Å². The largest absolute Gasteiger partial charge is 0.598 e. The first-order chi connectivity index (χ1) is 10.8. The standard InChI is InChI=1S/C17H24N2O2S2/c1-12-16(22-11-18-12)14-7-5-13(6-8-14)15(9-10-20)19-23(21)17(2,3)4/h5-8,11,15,19-20H,9-10H2,1-4H3/t15-,23?/m0/s1. The van der Waals surface area contributed by atoms with E-state index in [1.54, 1.807) is 11.3 Å². The summed E-state index contributed by atoms with van der Waals surface area (Å²) in [4.78, 5) is 5.45. The van der Waals surface area contributed by atoms with Crippen molar-refractivity contribution in [2.75, 3.05) is 6.61 Å². The third-order valence-corrected chi connectivity index (χ3v) is 6.13. The van der Waals surface area contributed by atoms with Crippen LogP contribution in [0.1, 0.15) is 44.5 Å². The fourth-order valence-electron chi connectivity index (χ4n) is 2.17. The second-order valence-corrected chi connectivity index (χ2v) is 9.31. The van der Waals surface area contributed by atoms with Crippen LogP contribution in [0.25, 0.3) is 10.4 Å². The summed E-state index contributed by atoms with van der Waals surface area (Å²) >= 11 is 0.449. The lowest BCUT2D eigenvalue weighted by atomic mass is 10.0. The minimum Gasteiger partial charge on any atom is -0.598 e. The SMILES string of the molecule is Cc1ncsc1-c1ccc([C@H](CCO)N[S+]([O-])C(C)(C)C)cc1. The zero-order valence-electron chi connectivity index (χ0n) is 14.0. The van der Waals surface area contributed by atoms with E-state index < -0.39 is 11.4 Å². The molecule has 0 radical (unpaired) electrons. The maximum Gasteiger partial charge on any atom is 0.136 e. The summed E-state index contributed by atoms with van der Waals surface area (Å²) in [5.41, 5.74) is 5.04. The lowest BCUT2D eigenvalue weighted by Crippen LogP contribution is -2.41. The Balaban J connectivity index is 2.18. The molecule has 6 heteroatoms. The van der Waals surface area contributed by atoms with Crippen molar-refractivity contribution < 1.29 is 9.66 Å². The third kappa shape index (κ3) is 4.78. The molecular weight excluding hydrogens is 328 g/mol. The number of aliphatic hydroxyl groups excluding tert-OH is 1. The van der Waals surface area contributed by atoms with E-state index in [1.807, 2.05) is 45.3 Å². The fraction of sp³-hybridized carbons (Fsp3) is 0.471. The summed E-state index contributed by atoms with van der Waals surface area (Å²) in [5.74, 6) is 0. The van der Waals surface area contributed by atoms with Crippen LogP contribution in [0.3, 0.4) is 0 Å². The highest BCUT2D eigenvalue weighted by atomic mass is 32.2. The van der Waals surface area contributed by atoms with E-state index in [-0.39, 0.29) is 17.4 Å². The number of aryl methyl sites for hydroxylation is 1. The number of nitrogens with one attached hydrogen (secondary N) is 1. The van der Waals surface area contributed by atoms with Gasteiger partial charge in [-0.15, -0.1) is 16.1 Å². The Labute approximate surface area is 145 Å². The van der Waals surface area contributed by atoms with Crippen molar-refractivity contribution in [3.8, 4) is 10.4 Å². The van der Waals surface area contributed by atoms with Crippen molar-refractivity contribution >= 4 is 22.7 Å². The summed E-state index contributed by atoms with van der Waals surface area (Å²) < 4.78 is 15.1. The van der Waals surface area contributed by atoms with E-state index in [0.29, 0.717) is 6.42 Å². The molecule has 0 aliphatic rings. The van der Waals surface area contributed by atoms with Crippen LogP contribution in [0.5, 0.6) is 0 Å². The predicted molar refractivity (Wildman–Crippen MR) is 97.8 cm³/mol. The molecule has 0 saturated heterocycles. The average molecular weight is 353 g/mol. The molecule has 0 amide bonds. The summed E-state index contributed by atoms with van der Waals surface area (Å²) in [6, 6.07) is 8.05. The lowest BCUT2D eigenvalue weighted by Gasteiger charge is -2.28. The van der Waals surface area contributed by atoms with Gasteiger partial charge in [-0.1, -0.05) is 24.3 Å². The number of rotatable bonds is 6. The highest BCUT2D eigenvalue weighted by Crippen LogP contribution is 2.29. The van der Waals surface area contributed by atoms with Crippen LogP contribution in [-0.4, -0.2) is 26.0 Å². The van der Waals surface area contributed by atoms with Gasteiger partial charge in [0.05, 0.1) is 22.1 Å². The van der Waals surface area contributed by atoms with Crippen LogP contribution in [0, 0.1) is 6.92 Å². The van der Waals surface area contributed by atoms with Crippen LogP contribution in [-0.2, 0) is 11.4 Å². The molecule has 0 spiro atoms. The molecule has 1 aromatic carbocycles. The molecule has 1 unspecified atom stereocenters. The normalized spacial score (nSPS) is 14.7. The molecule has 2 N–H and O–H groups in total. The van der Waals surface area contributed by atoms with Gasteiger partial charge in [0.15, 0.2) is 0 Å². The van der Waals surface area contributed by atoms with Gasteiger partial charge in [0, 0.05) is 18.0 Å². The van der Waals surface area contributed by atoms with Crippen molar-refractivity contribution in [2.45, 2.75) is 44.9 Å². The van der Waals surface area contributed by atoms with Gasteiger partial charge in [0.2, 0.25) is 0 Å². The van der Waals surface area contributed by atoms with Crippen LogP contribution < -0.4 is 4.72 Å². The minimum absolute atomic E-state index is 0.0503. The van der Waals surface area contributed by atoms with Gasteiger partial charge in [-0.3, -0.25) is 0 Å². The highest BCUT2D eigenvalue weighted by molar-refractivity contribution is 7.90. The highest BCUT2D eigenvalue weighted by Gasteiger charge is 2.29. The van der Waals surface area contributed by atoms with Gasteiger partial charge in [0.1, 0.15) is 4.75 Å². The summed E-state index contributed by atoms with van der Waals surface area (Å²) in [7, 11) is 0. The van der Waals surface area contributed by atoms with E-state index in [9.17, 15) is 9.66 Å². The number of aliphatic hydroxyl groups is 1. The van der Waals surface area contributed by atoms with Gasteiger partial charge < -0.3 is 9.66 Å². The van der Waals surface area contributed by atoms with Crippen LogP contribution in [0.15, 0.2) is 29.8 Å². The molecule has 0 fully saturated rings. The zero-order valence-corrected chi connectivity index (χ0v) is 15.6. The molecule has 2 aromatic rings. The molecule has 126 valence electrons. The van der Waals surface area contributed by atoms with E-state index in [2.05, 4.69) is 21.8 Å². The molecular formula is C17H24N2O2S2. The number of thiazole rings is 1. The number of benzene rings is 1. The van der Waals surface area contributed by atoms with E-state index in [1.165, 1.54) is 4.88 Å². The van der Waals surface area contributed by atoms with Crippen molar-refractivity contribution in [1.29, 1.82) is 0 Å². The number of nitrogens with zero attached hydrogens (tertiary/aromatic N) is 1. The summed E-state index contributed by atoms with van der Waals surface area (Å²) in [6.07, 6.45) is 0.529.